The number of aromatic nitrogens is 3. The smallest absolute Gasteiger partial charge is 0.263 e. The molecule has 1 saturated heterocycles. The van der Waals surface area contributed by atoms with Crippen LogP contribution in [0.4, 0.5) is 0 Å². The third-order valence-electron chi connectivity index (χ3n) is 5.21. The number of amides is 1. The fourth-order valence-electron chi connectivity index (χ4n) is 3.61. The number of carbonyl (C=O) groups is 1. The number of likely N-dealkylation sites (tertiary alicyclic amines) is 1. The molecule has 7 heteroatoms. The van der Waals surface area contributed by atoms with Crippen molar-refractivity contribution in [2.75, 3.05) is 13.1 Å². The van der Waals surface area contributed by atoms with Gasteiger partial charge in [0, 0.05) is 19.5 Å². The van der Waals surface area contributed by atoms with Crippen molar-refractivity contribution in [2.24, 2.45) is 0 Å². The first-order chi connectivity index (χ1) is 12.4. The average Bonchev–Trinajstić information content (AvgIpc) is 3.28. The van der Waals surface area contributed by atoms with Crippen molar-refractivity contribution < 1.29 is 14.6 Å². The van der Waals surface area contributed by atoms with Crippen LogP contribution < -0.4 is 4.74 Å². The molecule has 1 N–H and O–H groups in total. The molecule has 1 aromatic heterocycles. The van der Waals surface area contributed by atoms with Crippen molar-refractivity contribution >= 4 is 5.91 Å². The molecule has 0 aliphatic carbocycles. The molecule has 1 aromatic carbocycles. The third kappa shape index (κ3) is 3.19. The second kappa shape index (κ2) is 6.39. The van der Waals surface area contributed by atoms with E-state index in [0.717, 1.165) is 24.2 Å². The molecule has 4 rings (SSSR count). The lowest BCUT2D eigenvalue weighted by Crippen LogP contribution is -2.45. The zero-order chi connectivity index (χ0) is 18.3. The van der Waals surface area contributed by atoms with Gasteiger partial charge in [-0.1, -0.05) is 23.4 Å². The van der Waals surface area contributed by atoms with E-state index in [1.807, 2.05) is 33.8 Å². The monoisotopic (exact) mass is 356 g/mol. The topological polar surface area (TPSA) is 80.5 Å². The van der Waals surface area contributed by atoms with Gasteiger partial charge in [0.05, 0.1) is 12.2 Å². The summed E-state index contributed by atoms with van der Waals surface area (Å²) in [6.07, 6.45) is 3.68. The number of aliphatic hydroxyl groups is 1. The summed E-state index contributed by atoms with van der Waals surface area (Å²) in [6, 6.07) is 8.03. The van der Waals surface area contributed by atoms with E-state index in [1.165, 1.54) is 0 Å². The Bertz CT molecular complexity index is 778. The van der Waals surface area contributed by atoms with Gasteiger partial charge in [0.15, 0.2) is 6.10 Å². The number of hydrogen-bond acceptors (Lipinski definition) is 5. The number of para-hydroxylation sites is 1. The quantitative estimate of drug-likeness (QED) is 0.905. The normalized spacial score (nSPS) is 20.7. The van der Waals surface area contributed by atoms with E-state index in [9.17, 15) is 9.90 Å². The molecule has 1 fully saturated rings. The summed E-state index contributed by atoms with van der Waals surface area (Å²) in [5.74, 6) is 0.887. The molecule has 138 valence electrons. The van der Waals surface area contributed by atoms with E-state index >= 15 is 0 Å². The second-order valence-electron chi connectivity index (χ2n) is 7.62. The minimum Gasteiger partial charge on any atom is -0.480 e. The van der Waals surface area contributed by atoms with Crippen LogP contribution in [0.5, 0.6) is 5.75 Å². The van der Waals surface area contributed by atoms with Gasteiger partial charge in [0.1, 0.15) is 17.0 Å². The van der Waals surface area contributed by atoms with Gasteiger partial charge in [-0.2, -0.15) is 0 Å². The zero-order valence-electron chi connectivity index (χ0n) is 15.1. The maximum absolute atomic E-state index is 12.8. The van der Waals surface area contributed by atoms with Crippen molar-refractivity contribution in [3.8, 4) is 5.75 Å². The van der Waals surface area contributed by atoms with Crippen LogP contribution in [0.25, 0.3) is 0 Å². The molecule has 2 aliphatic heterocycles. The van der Waals surface area contributed by atoms with Crippen LogP contribution in [0.3, 0.4) is 0 Å². The lowest BCUT2D eigenvalue weighted by atomic mass is 10.0. The number of piperidine rings is 1. The van der Waals surface area contributed by atoms with E-state index in [4.69, 9.17) is 4.74 Å². The SMILES string of the molecule is CC(C)(O)c1cn(C2CCN(C(=O)C3Cc4ccccc4O3)CC2)nn1. The maximum Gasteiger partial charge on any atom is 0.263 e. The molecule has 0 bridgehead atoms. The highest BCUT2D eigenvalue weighted by atomic mass is 16.5. The van der Waals surface area contributed by atoms with E-state index in [0.29, 0.717) is 25.2 Å². The molecule has 1 amide bonds. The largest absolute Gasteiger partial charge is 0.480 e. The van der Waals surface area contributed by atoms with Crippen molar-refractivity contribution in [2.45, 2.75) is 50.9 Å². The second-order valence-corrected chi connectivity index (χ2v) is 7.62. The fourth-order valence-corrected chi connectivity index (χ4v) is 3.61. The first-order valence-electron chi connectivity index (χ1n) is 9.10. The van der Waals surface area contributed by atoms with Crippen LogP contribution in [0, 0.1) is 0 Å². The van der Waals surface area contributed by atoms with E-state index in [-0.39, 0.29) is 11.9 Å². The predicted octanol–water partition coefficient (Wildman–Crippen LogP) is 1.67. The lowest BCUT2D eigenvalue weighted by molar-refractivity contribution is -0.139. The molecular formula is C19H24N4O3. The molecule has 2 aromatic rings. The Balaban J connectivity index is 1.35. The standard InChI is InChI=1S/C19H24N4O3/c1-19(2,25)17-12-23(21-20-17)14-7-9-22(10-8-14)18(24)16-11-13-5-3-4-6-15(13)26-16/h3-6,12,14,16,25H,7-11H2,1-2H3. The molecule has 2 aliphatic rings. The minimum atomic E-state index is -0.996. The highest BCUT2D eigenvalue weighted by Gasteiger charge is 2.34. The van der Waals surface area contributed by atoms with Crippen LogP contribution in [-0.2, 0) is 16.8 Å². The maximum atomic E-state index is 12.8. The summed E-state index contributed by atoms with van der Waals surface area (Å²) in [5.41, 5.74) is 0.666. The molecule has 0 spiro atoms. The number of fused-ring (bicyclic) bond motifs is 1. The number of ether oxygens (including phenoxy) is 1. The van der Waals surface area contributed by atoms with Crippen molar-refractivity contribution in [3.05, 3.63) is 41.7 Å². The Morgan fingerprint density at radius 1 is 1.27 bits per heavy atom. The van der Waals surface area contributed by atoms with Gasteiger partial charge >= 0.3 is 0 Å². The summed E-state index contributed by atoms with van der Waals surface area (Å²) < 4.78 is 7.64. The van der Waals surface area contributed by atoms with Crippen molar-refractivity contribution in [1.82, 2.24) is 19.9 Å². The Hall–Kier alpha value is -2.41. The van der Waals surface area contributed by atoms with Gasteiger partial charge in [-0.05, 0) is 38.3 Å². The minimum absolute atomic E-state index is 0.0652. The Kier molecular flexibility index (Phi) is 4.19. The molecule has 1 unspecified atom stereocenters. The summed E-state index contributed by atoms with van der Waals surface area (Å²) in [7, 11) is 0. The van der Waals surface area contributed by atoms with E-state index in [2.05, 4.69) is 10.3 Å². The van der Waals surface area contributed by atoms with Gasteiger partial charge < -0.3 is 14.7 Å². The number of carbonyl (C=O) groups excluding carboxylic acids is 1. The Morgan fingerprint density at radius 2 is 2.00 bits per heavy atom. The van der Waals surface area contributed by atoms with Gasteiger partial charge in [-0.15, -0.1) is 5.10 Å². The van der Waals surface area contributed by atoms with Crippen molar-refractivity contribution in [1.29, 1.82) is 0 Å². The Morgan fingerprint density at radius 3 is 2.65 bits per heavy atom. The predicted molar refractivity (Wildman–Crippen MR) is 94.7 cm³/mol. The number of rotatable bonds is 3. The van der Waals surface area contributed by atoms with Crippen LogP contribution in [0.2, 0.25) is 0 Å². The van der Waals surface area contributed by atoms with Crippen molar-refractivity contribution in [3.63, 3.8) is 0 Å². The van der Waals surface area contributed by atoms with Gasteiger partial charge in [0.25, 0.3) is 5.91 Å². The molecule has 26 heavy (non-hydrogen) atoms. The van der Waals surface area contributed by atoms with Gasteiger partial charge in [-0.25, -0.2) is 4.68 Å². The highest BCUT2D eigenvalue weighted by molar-refractivity contribution is 5.82. The summed E-state index contributed by atoms with van der Waals surface area (Å²) in [6.45, 7) is 4.75. The van der Waals surface area contributed by atoms with Crippen LogP contribution in [0.15, 0.2) is 30.5 Å². The summed E-state index contributed by atoms with van der Waals surface area (Å²) in [4.78, 5) is 14.7. The molecular weight excluding hydrogens is 332 g/mol. The zero-order valence-corrected chi connectivity index (χ0v) is 15.1. The van der Waals surface area contributed by atoms with Crippen LogP contribution in [-0.4, -0.2) is 50.1 Å². The number of nitrogens with zero attached hydrogens (tertiary/aromatic N) is 4. The van der Waals surface area contributed by atoms with Crippen LogP contribution in [0.1, 0.15) is 44.0 Å². The number of benzene rings is 1. The van der Waals surface area contributed by atoms with Gasteiger partial charge in [0.2, 0.25) is 0 Å². The first kappa shape index (κ1) is 17.0. The summed E-state index contributed by atoms with van der Waals surface area (Å²) >= 11 is 0. The van der Waals surface area contributed by atoms with E-state index < -0.39 is 11.7 Å². The average molecular weight is 356 g/mol. The highest BCUT2D eigenvalue weighted by Crippen LogP contribution is 2.30. The third-order valence-corrected chi connectivity index (χ3v) is 5.21. The number of hydrogen-bond donors (Lipinski definition) is 1. The Labute approximate surface area is 152 Å². The molecule has 0 saturated carbocycles. The van der Waals surface area contributed by atoms with Gasteiger partial charge in [-0.3, -0.25) is 4.79 Å². The molecule has 3 heterocycles. The molecule has 1 atom stereocenters. The van der Waals surface area contributed by atoms with E-state index in [1.54, 1.807) is 20.0 Å². The molecule has 7 nitrogen and oxygen atoms in total. The fraction of sp³-hybridized carbons (Fsp3) is 0.526. The first-order valence-corrected chi connectivity index (χ1v) is 9.10. The lowest BCUT2D eigenvalue weighted by Gasteiger charge is -2.33. The molecule has 0 radical (unpaired) electrons. The van der Waals surface area contributed by atoms with Crippen LogP contribution >= 0.6 is 0 Å². The summed E-state index contributed by atoms with van der Waals surface area (Å²) in [5, 5.41) is 18.3.